The lowest BCUT2D eigenvalue weighted by atomic mass is 9.80. The molecule has 2 saturated heterocycles. The first-order valence-corrected chi connectivity index (χ1v) is 8.56. The van der Waals surface area contributed by atoms with E-state index < -0.39 is 0 Å². The molecule has 2 fully saturated rings. The lowest BCUT2D eigenvalue weighted by molar-refractivity contribution is -0.0652. The minimum atomic E-state index is -0.345. The van der Waals surface area contributed by atoms with Gasteiger partial charge in [0.05, 0.1) is 13.2 Å². The van der Waals surface area contributed by atoms with E-state index in [1.54, 1.807) is 66.0 Å². The molecule has 1 aromatic rings. The fourth-order valence-corrected chi connectivity index (χ4v) is 4.31. The van der Waals surface area contributed by atoms with Crippen LogP contribution in [0, 0.1) is 5.92 Å². The molecule has 3 rings (SSSR count). The molecule has 8 heteroatoms. The second kappa shape index (κ2) is 6.26. The molecule has 0 aromatic heterocycles. The van der Waals surface area contributed by atoms with Crippen molar-refractivity contribution in [3.05, 3.63) is 23.8 Å². The molecule has 8 nitrogen and oxygen atoms in total. The predicted octanol–water partition coefficient (Wildman–Crippen LogP) is 1.77. The van der Waals surface area contributed by atoms with Gasteiger partial charge in [-0.05, 0) is 24.6 Å². The molecule has 4 amide bonds. The third-order valence-electron chi connectivity index (χ3n) is 5.84. The van der Waals surface area contributed by atoms with E-state index in [2.05, 4.69) is 0 Å². The third kappa shape index (κ3) is 2.43. The minimum absolute atomic E-state index is 0.0374. The largest absolute Gasteiger partial charge is 0.504 e. The maximum Gasteiger partial charge on any atom is 0.321 e. The third-order valence-corrected chi connectivity index (χ3v) is 5.84. The molecule has 2 aliphatic heterocycles. The Morgan fingerprint density at radius 3 is 2.12 bits per heavy atom. The zero-order valence-electron chi connectivity index (χ0n) is 16.0. The normalized spacial score (nSPS) is 29.2. The van der Waals surface area contributed by atoms with Crippen molar-refractivity contribution in [1.82, 2.24) is 19.6 Å². The number of aromatic hydroxyl groups is 1. The van der Waals surface area contributed by atoms with E-state index >= 15 is 0 Å². The summed E-state index contributed by atoms with van der Waals surface area (Å²) in [6.45, 7) is 2.00. The summed E-state index contributed by atoms with van der Waals surface area (Å²) in [5.74, 6) is 0.375. The number of carbonyl (C=O) groups excluding carboxylic acids is 2. The summed E-state index contributed by atoms with van der Waals surface area (Å²) in [6.07, 6.45) is -0.345. The predicted molar refractivity (Wildman–Crippen MR) is 96.0 cm³/mol. The van der Waals surface area contributed by atoms with Gasteiger partial charge < -0.3 is 29.4 Å². The number of phenols is 1. The number of methoxy groups -OCH3 is 1. The Labute approximate surface area is 153 Å². The molecule has 142 valence electrons. The van der Waals surface area contributed by atoms with Crippen LogP contribution in [0.2, 0.25) is 0 Å². The second-order valence-electron chi connectivity index (χ2n) is 7.12. The Morgan fingerprint density at radius 2 is 1.54 bits per heavy atom. The molecule has 0 bridgehead atoms. The van der Waals surface area contributed by atoms with Crippen molar-refractivity contribution in [2.75, 3.05) is 35.3 Å². The highest BCUT2D eigenvalue weighted by atomic mass is 16.5. The molecule has 0 saturated carbocycles. The van der Waals surface area contributed by atoms with Gasteiger partial charge in [-0.25, -0.2) is 9.59 Å². The van der Waals surface area contributed by atoms with Crippen molar-refractivity contribution in [2.24, 2.45) is 5.92 Å². The van der Waals surface area contributed by atoms with Crippen LogP contribution in [-0.4, -0.2) is 84.3 Å². The number of benzene rings is 1. The average molecular weight is 362 g/mol. The number of hydrogen-bond acceptors (Lipinski definition) is 4. The van der Waals surface area contributed by atoms with E-state index in [4.69, 9.17) is 4.74 Å². The first-order valence-electron chi connectivity index (χ1n) is 8.56. The molecule has 0 aliphatic carbocycles. The molecular formula is C18H26N4O4. The molecule has 0 spiro atoms. The van der Waals surface area contributed by atoms with E-state index in [0.717, 1.165) is 5.56 Å². The van der Waals surface area contributed by atoms with Crippen molar-refractivity contribution in [1.29, 1.82) is 0 Å². The highest BCUT2D eigenvalue weighted by Crippen LogP contribution is 2.44. The number of urea groups is 2. The van der Waals surface area contributed by atoms with Crippen LogP contribution in [0.5, 0.6) is 11.5 Å². The number of nitrogens with zero attached hydrogens (tertiary/aromatic N) is 4. The van der Waals surface area contributed by atoms with Crippen LogP contribution in [0.4, 0.5) is 9.59 Å². The average Bonchev–Trinajstić information content (AvgIpc) is 2.63. The van der Waals surface area contributed by atoms with Crippen molar-refractivity contribution < 1.29 is 19.4 Å². The summed E-state index contributed by atoms with van der Waals surface area (Å²) < 4.78 is 5.24. The molecular weight excluding hydrogens is 336 g/mol. The standard InChI is InChI=1S/C18H26N4O4/c1-10-14-15(11-7-8-12(23)13(9-11)26-6)20(3)18(25)22(5)16(14)21(4)17(24)19(10)2/h7-10,14-16,23H,1-6H3/t10-,14-,15+,16-/m0/s1. The first kappa shape index (κ1) is 18.2. The lowest BCUT2D eigenvalue weighted by Gasteiger charge is -2.57. The quantitative estimate of drug-likeness (QED) is 0.870. The number of phenolic OH excluding ortho intramolecular Hbond substituents is 1. The number of rotatable bonds is 2. The maximum absolute atomic E-state index is 12.8. The van der Waals surface area contributed by atoms with Gasteiger partial charge in [-0.1, -0.05) is 6.07 Å². The molecule has 2 heterocycles. The number of ether oxygens (including phenoxy) is 1. The van der Waals surface area contributed by atoms with E-state index in [1.165, 1.54) is 7.11 Å². The zero-order valence-corrected chi connectivity index (χ0v) is 16.0. The van der Waals surface area contributed by atoms with Gasteiger partial charge in [0.2, 0.25) is 0 Å². The Morgan fingerprint density at radius 1 is 0.962 bits per heavy atom. The topological polar surface area (TPSA) is 76.6 Å². The van der Waals surface area contributed by atoms with Gasteiger partial charge in [0, 0.05) is 40.2 Å². The second-order valence-corrected chi connectivity index (χ2v) is 7.12. The Hall–Kier alpha value is -2.64. The van der Waals surface area contributed by atoms with E-state index in [0.29, 0.717) is 5.75 Å². The molecule has 0 unspecified atom stereocenters. The summed E-state index contributed by atoms with van der Waals surface area (Å²) in [7, 11) is 8.50. The summed E-state index contributed by atoms with van der Waals surface area (Å²) in [4.78, 5) is 32.1. The van der Waals surface area contributed by atoms with Crippen LogP contribution in [0.1, 0.15) is 18.5 Å². The van der Waals surface area contributed by atoms with Crippen LogP contribution in [0.3, 0.4) is 0 Å². The van der Waals surface area contributed by atoms with Gasteiger partial charge in [0.15, 0.2) is 11.5 Å². The van der Waals surface area contributed by atoms with Gasteiger partial charge in [-0.15, -0.1) is 0 Å². The monoisotopic (exact) mass is 362 g/mol. The van der Waals surface area contributed by atoms with Crippen LogP contribution < -0.4 is 4.74 Å². The highest BCUT2D eigenvalue weighted by Gasteiger charge is 2.54. The Bertz CT molecular complexity index is 736. The molecule has 1 N–H and O–H groups in total. The van der Waals surface area contributed by atoms with E-state index in [1.807, 2.05) is 6.92 Å². The van der Waals surface area contributed by atoms with Crippen molar-refractivity contribution in [3.8, 4) is 11.5 Å². The molecule has 26 heavy (non-hydrogen) atoms. The highest BCUT2D eigenvalue weighted by molar-refractivity contribution is 5.80. The fraction of sp³-hybridized carbons (Fsp3) is 0.556. The molecule has 2 aliphatic rings. The van der Waals surface area contributed by atoms with Gasteiger partial charge in [0.25, 0.3) is 0 Å². The van der Waals surface area contributed by atoms with E-state index in [9.17, 15) is 14.7 Å². The van der Waals surface area contributed by atoms with E-state index in [-0.39, 0.29) is 42.0 Å². The van der Waals surface area contributed by atoms with Crippen molar-refractivity contribution in [2.45, 2.75) is 25.2 Å². The maximum atomic E-state index is 12.8. The minimum Gasteiger partial charge on any atom is -0.504 e. The number of hydrogen-bond donors (Lipinski definition) is 1. The van der Waals surface area contributed by atoms with Gasteiger partial charge >= 0.3 is 12.1 Å². The van der Waals surface area contributed by atoms with Gasteiger partial charge in [0.1, 0.15) is 6.17 Å². The smallest absolute Gasteiger partial charge is 0.321 e. The summed E-state index contributed by atoms with van der Waals surface area (Å²) in [5, 5.41) is 9.92. The molecule has 1 aromatic carbocycles. The zero-order chi connectivity index (χ0) is 19.3. The van der Waals surface area contributed by atoms with Gasteiger partial charge in [-0.2, -0.15) is 0 Å². The van der Waals surface area contributed by atoms with Crippen LogP contribution >= 0.6 is 0 Å². The first-order chi connectivity index (χ1) is 12.2. The van der Waals surface area contributed by atoms with Gasteiger partial charge in [-0.3, -0.25) is 0 Å². The van der Waals surface area contributed by atoms with Crippen molar-refractivity contribution in [3.63, 3.8) is 0 Å². The van der Waals surface area contributed by atoms with Crippen LogP contribution in [0.15, 0.2) is 18.2 Å². The van der Waals surface area contributed by atoms with Crippen molar-refractivity contribution >= 4 is 12.1 Å². The SMILES string of the molecule is COc1cc([C@@H]2[C@H]3[C@H](N(C)C(=O)N2C)N(C)C(=O)N(C)[C@H]3C)ccc1O. The number of fused-ring (bicyclic) bond motifs is 1. The summed E-state index contributed by atoms with van der Waals surface area (Å²) in [5.41, 5.74) is 0.863. The Balaban J connectivity index is 2.13. The Kier molecular flexibility index (Phi) is 4.37. The molecule has 4 atom stereocenters. The van der Waals surface area contributed by atoms with Crippen LogP contribution in [-0.2, 0) is 0 Å². The lowest BCUT2D eigenvalue weighted by Crippen LogP contribution is -2.71. The summed E-state index contributed by atoms with van der Waals surface area (Å²) >= 11 is 0. The number of carbonyl (C=O) groups is 2. The summed E-state index contributed by atoms with van der Waals surface area (Å²) in [6, 6.07) is 4.54. The molecule has 0 radical (unpaired) electrons. The number of amides is 4. The van der Waals surface area contributed by atoms with Crippen LogP contribution in [0.25, 0.3) is 0 Å². The fourth-order valence-electron chi connectivity index (χ4n) is 4.31.